The largest absolute Gasteiger partial charge is 0.358 e. The van der Waals surface area contributed by atoms with Crippen molar-refractivity contribution in [3.05, 3.63) is 67.9 Å². The molecule has 0 radical (unpaired) electrons. The molecule has 0 spiro atoms. The van der Waals surface area contributed by atoms with Gasteiger partial charge in [-0.15, -0.1) is 24.6 Å². The molecule has 0 heterocycles. The molecule has 0 aliphatic heterocycles. The zero-order valence-electron chi connectivity index (χ0n) is 9.55. The van der Waals surface area contributed by atoms with Crippen LogP contribution in [0.2, 0.25) is 0 Å². The van der Waals surface area contributed by atoms with Crippen molar-refractivity contribution >= 4 is 12.4 Å². The molecule has 1 aliphatic carbocycles. The first kappa shape index (κ1) is 50.5. The first-order chi connectivity index (χ1) is 2.89. The van der Waals surface area contributed by atoms with Crippen molar-refractivity contribution < 1.29 is 21.7 Å². The van der Waals surface area contributed by atoms with Gasteiger partial charge in [0.05, 0.1) is 0 Å². The van der Waals surface area contributed by atoms with E-state index in [0.717, 1.165) is 6.42 Å². The van der Waals surface area contributed by atoms with Gasteiger partial charge in [-0.3, -0.25) is 0 Å². The molecule has 0 bridgehead atoms. The molecule has 0 nitrogen and oxygen atoms in total. The molecule has 0 aromatic heterocycles. The summed E-state index contributed by atoms with van der Waals surface area (Å²) < 4.78 is 0. The maximum absolute atomic E-state index is 3.74. The van der Waals surface area contributed by atoms with Crippen LogP contribution in [0.1, 0.15) is 6.42 Å². The Balaban J connectivity index is -0.0000000103. The molecule has 0 aromatic carbocycles. The average molecular weight is 239 g/mol. The molecule has 0 saturated carbocycles. The van der Waals surface area contributed by atoms with Crippen LogP contribution in [0, 0.1) is 44.1 Å². The molecule has 2 heteroatoms. The van der Waals surface area contributed by atoms with Crippen LogP contribution < -0.4 is 0 Å². The first-order valence-electron chi connectivity index (χ1n) is 2.07. The zero-order valence-corrected chi connectivity index (χ0v) is 11.9. The molecule has 0 unspecified atom stereocenters. The first-order valence-corrected chi connectivity index (χ1v) is 2.07. The number of hydrogen-bond acceptors (Lipinski definition) is 0. The van der Waals surface area contributed by atoms with Crippen molar-refractivity contribution in [2.45, 2.75) is 6.42 Å². The van der Waals surface area contributed by atoms with Crippen LogP contribution in [-0.2, 0) is 21.7 Å². The number of rotatable bonds is 0. The minimum Gasteiger partial charge on any atom is -0.358 e. The summed E-state index contributed by atoms with van der Waals surface area (Å²) in [6.07, 6.45) is 7.21. The molecule has 0 saturated heterocycles. The predicted molar refractivity (Wildman–Crippen MR) is 66.5 cm³/mol. The van der Waals surface area contributed by atoms with E-state index in [9.17, 15) is 0 Å². The molecule has 0 fully saturated rings. The second-order valence-electron chi connectivity index (χ2n) is 1.46. The fourth-order valence-corrected chi connectivity index (χ4v) is 0.492. The summed E-state index contributed by atoms with van der Waals surface area (Å²) >= 11 is 0. The average Bonchev–Trinajstić information content (AvgIpc) is 1.86. The molecular weight excluding hydrogens is 215 g/mol. The Morgan fingerprint density at radius 1 is 1.00 bits per heavy atom. The number of hydrogen-bond donors (Lipinski definition) is 0. The van der Waals surface area contributed by atoms with Crippen molar-refractivity contribution in [1.29, 1.82) is 0 Å². The Morgan fingerprint density at radius 2 is 1.38 bits per heavy atom. The summed E-state index contributed by atoms with van der Waals surface area (Å²) in [5.74, 6) is 0. The zero-order chi connectivity index (χ0) is 4.41. The SMILES string of the molecule is Cl.[CH2-]C1=CC=CC1.[CH3-].[CH3-].[CH3-].[CH3-].[CH3-].[Ti]. The second kappa shape index (κ2) is 29.4. The summed E-state index contributed by atoms with van der Waals surface area (Å²) in [4.78, 5) is 0. The summed E-state index contributed by atoms with van der Waals surface area (Å²) in [5, 5.41) is 0. The minimum atomic E-state index is 0. The Morgan fingerprint density at radius 3 is 1.46 bits per heavy atom. The molecule has 13 heavy (non-hydrogen) atoms. The van der Waals surface area contributed by atoms with Crippen molar-refractivity contribution in [3.8, 4) is 0 Å². The van der Waals surface area contributed by atoms with E-state index in [0.29, 0.717) is 0 Å². The van der Waals surface area contributed by atoms with E-state index in [1.807, 2.05) is 12.2 Å². The van der Waals surface area contributed by atoms with E-state index in [1.165, 1.54) is 5.57 Å². The van der Waals surface area contributed by atoms with Gasteiger partial charge in [-0.05, 0) is 6.42 Å². The summed E-state index contributed by atoms with van der Waals surface area (Å²) in [7, 11) is 0. The van der Waals surface area contributed by atoms with Crippen molar-refractivity contribution in [1.82, 2.24) is 0 Å². The van der Waals surface area contributed by atoms with Crippen molar-refractivity contribution in [2.24, 2.45) is 0 Å². The molecule has 1 aliphatic rings. The van der Waals surface area contributed by atoms with Crippen molar-refractivity contribution in [3.63, 3.8) is 0 Å². The fourth-order valence-electron chi connectivity index (χ4n) is 0.492. The Labute approximate surface area is 108 Å². The molecule has 1 rings (SSSR count). The van der Waals surface area contributed by atoms with Gasteiger partial charge in [0.25, 0.3) is 0 Å². The second-order valence-corrected chi connectivity index (χ2v) is 1.46. The summed E-state index contributed by atoms with van der Waals surface area (Å²) in [5.41, 5.74) is 1.22. The van der Waals surface area contributed by atoms with Gasteiger partial charge in [0.2, 0.25) is 0 Å². The van der Waals surface area contributed by atoms with Gasteiger partial charge in [-0.2, -0.15) is 0 Å². The van der Waals surface area contributed by atoms with Crippen LogP contribution in [0.5, 0.6) is 0 Å². The van der Waals surface area contributed by atoms with Gasteiger partial charge in [0.15, 0.2) is 0 Å². The quantitative estimate of drug-likeness (QED) is 0.434. The summed E-state index contributed by atoms with van der Waals surface area (Å²) in [6, 6.07) is 0. The Kier molecular flexibility index (Phi) is 114. The number of allylic oxidation sites excluding steroid dienone is 4. The van der Waals surface area contributed by atoms with Gasteiger partial charge < -0.3 is 37.1 Å². The number of halogens is 1. The van der Waals surface area contributed by atoms with Gasteiger partial charge in [-0.1, -0.05) is 0 Å². The van der Waals surface area contributed by atoms with E-state index in [2.05, 4.69) is 13.0 Å². The van der Waals surface area contributed by atoms with Crippen LogP contribution in [0.3, 0.4) is 0 Å². The topological polar surface area (TPSA) is 0 Å². The van der Waals surface area contributed by atoms with E-state index in [4.69, 9.17) is 0 Å². The molecule has 0 amide bonds. The fraction of sp³-hybridized carbons (Fsp3) is 0.0909. The Hall–Kier alpha value is 0.354. The molecule has 84 valence electrons. The third kappa shape index (κ3) is 24.5. The van der Waals surface area contributed by atoms with Crippen LogP contribution >= 0.6 is 12.4 Å². The predicted octanol–water partition coefficient (Wildman–Crippen LogP) is 4.38. The van der Waals surface area contributed by atoms with E-state index < -0.39 is 0 Å². The van der Waals surface area contributed by atoms with Crippen LogP contribution in [0.4, 0.5) is 0 Å². The van der Waals surface area contributed by atoms with E-state index in [1.54, 1.807) is 0 Å². The monoisotopic (exact) mass is 238 g/mol. The van der Waals surface area contributed by atoms with Gasteiger partial charge in [-0.25, -0.2) is 18.6 Å². The van der Waals surface area contributed by atoms with E-state index >= 15 is 0 Å². The van der Waals surface area contributed by atoms with Crippen LogP contribution in [0.15, 0.2) is 23.8 Å². The summed E-state index contributed by atoms with van der Waals surface area (Å²) in [6.45, 7) is 3.74. The van der Waals surface area contributed by atoms with Crippen LogP contribution in [-0.4, -0.2) is 0 Å². The molecule has 0 atom stereocenters. The third-order valence-electron chi connectivity index (χ3n) is 0.848. The van der Waals surface area contributed by atoms with Crippen LogP contribution in [0.25, 0.3) is 0 Å². The standard InChI is InChI=1S/C6H7.5CH3.ClH.Ti/c1-6-4-2-3-5-6;;;;;;;/h2-4H,1,5H2;5*1H3;1H;/q6*-1;;. The molecular formula is C11H23ClTi-6. The maximum atomic E-state index is 3.74. The smallest absolute Gasteiger partial charge is 0 e. The van der Waals surface area contributed by atoms with E-state index in [-0.39, 0.29) is 71.3 Å². The molecule has 0 N–H and O–H groups in total. The Bertz CT molecular complexity index is 107. The maximum Gasteiger partial charge on any atom is 0 e. The van der Waals surface area contributed by atoms with Gasteiger partial charge in [0, 0.05) is 21.7 Å². The van der Waals surface area contributed by atoms with Crippen molar-refractivity contribution in [2.75, 3.05) is 0 Å². The van der Waals surface area contributed by atoms with Gasteiger partial charge in [0.1, 0.15) is 0 Å². The molecule has 0 aromatic rings. The van der Waals surface area contributed by atoms with Gasteiger partial charge >= 0.3 is 0 Å². The third-order valence-corrected chi connectivity index (χ3v) is 0.848. The normalized spacial score (nSPS) is 8.46. The minimum absolute atomic E-state index is 0.